The number of rotatable bonds is 4. The van der Waals surface area contributed by atoms with E-state index in [-0.39, 0.29) is 12.2 Å². The summed E-state index contributed by atoms with van der Waals surface area (Å²) in [5.74, 6) is -1.78. The van der Waals surface area contributed by atoms with E-state index in [1.54, 1.807) is 18.2 Å². The predicted molar refractivity (Wildman–Crippen MR) is 91.6 cm³/mol. The zero-order valence-electron chi connectivity index (χ0n) is 14.6. The van der Waals surface area contributed by atoms with E-state index in [0.29, 0.717) is 16.4 Å². The highest BCUT2D eigenvalue weighted by Gasteiger charge is 2.51. The Morgan fingerprint density at radius 1 is 1.24 bits per heavy atom. The summed E-state index contributed by atoms with van der Waals surface area (Å²) in [6.45, 7) is 7.44. The van der Waals surface area contributed by atoms with Gasteiger partial charge in [-0.2, -0.15) is 5.10 Å². The fourth-order valence-electron chi connectivity index (χ4n) is 2.75. The number of carboxylic acid groups (broad SMARTS) is 1. The SMILES string of the molecule is CC1(C)OB(c2ccc3c(c2)c(C(N)=O)nn3CC(=O)O)OC1(C)C. The summed E-state index contributed by atoms with van der Waals surface area (Å²) >= 11 is 0. The summed E-state index contributed by atoms with van der Waals surface area (Å²) in [6, 6.07) is 5.18. The van der Waals surface area contributed by atoms with Crippen molar-refractivity contribution in [2.75, 3.05) is 0 Å². The number of hydrogen-bond donors (Lipinski definition) is 2. The normalized spacial score (nSPS) is 18.6. The number of hydrogen-bond acceptors (Lipinski definition) is 5. The van der Waals surface area contributed by atoms with E-state index >= 15 is 0 Å². The van der Waals surface area contributed by atoms with Crippen molar-refractivity contribution in [2.24, 2.45) is 5.73 Å². The van der Waals surface area contributed by atoms with Crippen LogP contribution in [0.2, 0.25) is 0 Å². The smallest absolute Gasteiger partial charge is 0.480 e. The number of fused-ring (bicyclic) bond motifs is 1. The first-order chi connectivity index (χ1) is 11.5. The quantitative estimate of drug-likeness (QED) is 0.781. The van der Waals surface area contributed by atoms with Crippen LogP contribution >= 0.6 is 0 Å². The van der Waals surface area contributed by atoms with Crippen molar-refractivity contribution in [1.29, 1.82) is 0 Å². The van der Waals surface area contributed by atoms with Crippen molar-refractivity contribution < 1.29 is 24.0 Å². The number of benzene rings is 1. The van der Waals surface area contributed by atoms with Crippen molar-refractivity contribution in [3.05, 3.63) is 23.9 Å². The number of carbonyl (C=O) groups is 2. The van der Waals surface area contributed by atoms with Gasteiger partial charge >= 0.3 is 13.1 Å². The summed E-state index contributed by atoms with van der Waals surface area (Å²) < 4.78 is 13.3. The molecule has 25 heavy (non-hydrogen) atoms. The first-order valence-electron chi connectivity index (χ1n) is 7.89. The van der Waals surface area contributed by atoms with Gasteiger partial charge in [-0.05, 0) is 39.2 Å². The molecule has 2 heterocycles. The molecule has 0 saturated carbocycles. The van der Waals surface area contributed by atoms with Gasteiger partial charge in [0.05, 0.1) is 16.7 Å². The van der Waals surface area contributed by atoms with E-state index in [2.05, 4.69) is 5.10 Å². The van der Waals surface area contributed by atoms with Crippen LogP contribution < -0.4 is 11.2 Å². The van der Waals surface area contributed by atoms with E-state index in [1.165, 1.54) is 4.68 Å². The molecule has 3 rings (SSSR count). The lowest BCUT2D eigenvalue weighted by Crippen LogP contribution is -2.41. The number of amides is 1. The molecule has 0 spiro atoms. The van der Waals surface area contributed by atoms with Gasteiger partial charge in [0.15, 0.2) is 5.69 Å². The highest BCUT2D eigenvalue weighted by atomic mass is 16.7. The number of aromatic nitrogens is 2. The maximum atomic E-state index is 11.7. The number of primary amides is 1. The molecule has 0 bridgehead atoms. The third-order valence-electron chi connectivity index (χ3n) is 4.82. The number of nitrogens with two attached hydrogens (primary N) is 1. The van der Waals surface area contributed by atoms with Crippen LogP contribution in [-0.4, -0.2) is 45.1 Å². The van der Waals surface area contributed by atoms with E-state index in [1.807, 2.05) is 27.7 Å². The average Bonchev–Trinajstić information content (AvgIpc) is 2.93. The molecule has 8 nitrogen and oxygen atoms in total. The molecule has 132 valence electrons. The van der Waals surface area contributed by atoms with Crippen LogP contribution in [0.25, 0.3) is 10.9 Å². The van der Waals surface area contributed by atoms with Crippen LogP contribution in [0, 0.1) is 0 Å². The highest BCUT2D eigenvalue weighted by Crippen LogP contribution is 2.36. The molecular weight excluding hydrogens is 325 g/mol. The van der Waals surface area contributed by atoms with E-state index in [0.717, 1.165) is 0 Å². The molecule has 3 N–H and O–H groups in total. The maximum Gasteiger partial charge on any atom is 0.494 e. The van der Waals surface area contributed by atoms with Crippen molar-refractivity contribution in [2.45, 2.75) is 45.4 Å². The minimum atomic E-state index is -1.06. The molecule has 9 heteroatoms. The molecular formula is C16H20BN3O5. The van der Waals surface area contributed by atoms with Crippen molar-refractivity contribution >= 4 is 35.4 Å². The first kappa shape index (κ1) is 17.4. The summed E-state index contributed by atoms with van der Waals surface area (Å²) in [4.78, 5) is 22.7. The number of nitrogens with zero attached hydrogens (tertiary/aromatic N) is 2. The molecule has 1 fully saturated rings. The Labute approximate surface area is 145 Å². The lowest BCUT2D eigenvalue weighted by molar-refractivity contribution is -0.137. The number of aliphatic carboxylic acids is 1. The Bertz CT molecular complexity index is 858. The van der Waals surface area contributed by atoms with Gasteiger partial charge in [0.1, 0.15) is 6.54 Å². The predicted octanol–water partition coefficient (Wildman–Crippen LogP) is 0.519. The monoisotopic (exact) mass is 345 g/mol. The Morgan fingerprint density at radius 3 is 2.36 bits per heavy atom. The van der Waals surface area contributed by atoms with Gasteiger partial charge in [-0.25, -0.2) is 0 Å². The molecule has 1 aliphatic rings. The Morgan fingerprint density at radius 2 is 1.84 bits per heavy atom. The second-order valence-corrected chi connectivity index (χ2v) is 7.13. The van der Waals surface area contributed by atoms with Gasteiger partial charge in [0, 0.05) is 5.39 Å². The Hall–Kier alpha value is -2.39. The molecule has 1 saturated heterocycles. The minimum Gasteiger partial charge on any atom is -0.480 e. The molecule has 1 aromatic heterocycles. The molecule has 0 atom stereocenters. The van der Waals surface area contributed by atoms with Crippen molar-refractivity contribution in [3.8, 4) is 0 Å². The van der Waals surface area contributed by atoms with Gasteiger partial charge < -0.3 is 20.1 Å². The van der Waals surface area contributed by atoms with Crippen LogP contribution in [0.5, 0.6) is 0 Å². The zero-order chi connectivity index (χ0) is 18.6. The Balaban J connectivity index is 2.07. The summed E-state index contributed by atoms with van der Waals surface area (Å²) in [5.41, 5.74) is 5.65. The van der Waals surface area contributed by atoms with Gasteiger partial charge in [-0.1, -0.05) is 12.1 Å². The maximum absolute atomic E-state index is 11.7. The van der Waals surface area contributed by atoms with Gasteiger partial charge in [0.25, 0.3) is 5.91 Å². The molecule has 0 aliphatic carbocycles. The topological polar surface area (TPSA) is 117 Å². The lowest BCUT2D eigenvalue weighted by Gasteiger charge is -2.32. The van der Waals surface area contributed by atoms with E-state index < -0.39 is 30.2 Å². The van der Waals surface area contributed by atoms with Crippen molar-refractivity contribution in [3.63, 3.8) is 0 Å². The molecule has 0 unspecified atom stereocenters. The van der Waals surface area contributed by atoms with Gasteiger partial charge in [0.2, 0.25) is 0 Å². The van der Waals surface area contributed by atoms with Crippen LogP contribution in [0.3, 0.4) is 0 Å². The molecule has 0 radical (unpaired) electrons. The van der Waals surface area contributed by atoms with Crippen molar-refractivity contribution in [1.82, 2.24) is 9.78 Å². The molecule has 1 amide bonds. The third-order valence-corrected chi connectivity index (χ3v) is 4.82. The fourth-order valence-corrected chi connectivity index (χ4v) is 2.75. The van der Waals surface area contributed by atoms with E-state index in [9.17, 15) is 9.59 Å². The Kier molecular flexibility index (Phi) is 3.88. The molecule has 1 aromatic carbocycles. The standard InChI is InChI=1S/C16H20BN3O5/c1-15(2)16(3,4)25-17(24-15)9-5-6-11-10(7-9)13(14(18)23)19-20(11)8-12(21)22/h5-7H,8H2,1-4H3,(H2,18,23)(H,21,22). The van der Waals surface area contributed by atoms with Crippen LogP contribution in [0.4, 0.5) is 0 Å². The third kappa shape index (κ3) is 2.89. The lowest BCUT2D eigenvalue weighted by atomic mass is 9.78. The summed E-state index contributed by atoms with van der Waals surface area (Å²) in [7, 11) is -0.599. The summed E-state index contributed by atoms with van der Waals surface area (Å²) in [5, 5.41) is 13.5. The second kappa shape index (κ2) is 5.57. The average molecular weight is 345 g/mol. The molecule has 1 aliphatic heterocycles. The zero-order valence-corrected chi connectivity index (χ0v) is 14.6. The second-order valence-electron chi connectivity index (χ2n) is 7.13. The van der Waals surface area contributed by atoms with Crippen LogP contribution in [0.1, 0.15) is 38.2 Å². The van der Waals surface area contributed by atoms with E-state index in [4.69, 9.17) is 20.1 Å². The fraction of sp³-hybridized carbons (Fsp3) is 0.438. The molecule has 2 aromatic rings. The number of carbonyl (C=O) groups excluding carboxylic acids is 1. The largest absolute Gasteiger partial charge is 0.494 e. The highest BCUT2D eigenvalue weighted by molar-refractivity contribution is 6.62. The minimum absolute atomic E-state index is 0.0228. The van der Waals surface area contributed by atoms with Crippen LogP contribution in [0.15, 0.2) is 18.2 Å². The van der Waals surface area contributed by atoms with Gasteiger partial charge in [-0.15, -0.1) is 0 Å². The van der Waals surface area contributed by atoms with Gasteiger partial charge in [-0.3, -0.25) is 14.3 Å². The first-order valence-corrected chi connectivity index (χ1v) is 7.89. The number of carboxylic acids is 1. The van der Waals surface area contributed by atoms with Crippen LogP contribution in [-0.2, 0) is 20.6 Å². The summed E-state index contributed by atoms with van der Waals surface area (Å²) in [6.07, 6.45) is 0.